The molecule has 3 heteroatoms. The molecular formula is C10H21N3. The van der Waals surface area contributed by atoms with Crippen molar-refractivity contribution in [2.45, 2.75) is 25.9 Å². The molecule has 0 aromatic heterocycles. The highest BCUT2D eigenvalue weighted by atomic mass is 15.3. The van der Waals surface area contributed by atoms with Crippen LogP contribution in [0.15, 0.2) is 0 Å². The number of hydrogen-bond donors (Lipinski definition) is 1. The number of nitrogens with zero attached hydrogens (tertiary/aromatic N) is 2. The number of nitrogens with two attached hydrogens (primary N) is 1. The predicted octanol–water partition coefficient (Wildman–Crippen LogP) is -0.0305. The minimum absolute atomic E-state index is 0.350. The van der Waals surface area contributed by atoms with E-state index in [-0.39, 0.29) is 0 Å². The van der Waals surface area contributed by atoms with Crippen LogP contribution in [-0.2, 0) is 0 Å². The van der Waals surface area contributed by atoms with Crippen LogP contribution in [0, 0.1) is 5.92 Å². The Morgan fingerprint density at radius 3 is 2.15 bits per heavy atom. The zero-order valence-corrected chi connectivity index (χ0v) is 8.74. The lowest BCUT2D eigenvalue weighted by Gasteiger charge is -2.50. The van der Waals surface area contributed by atoms with Gasteiger partial charge >= 0.3 is 0 Å². The molecule has 0 aromatic carbocycles. The molecule has 3 fully saturated rings. The Kier molecular flexibility index (Phi) is 2.58. The van der Waals surface area contributed by atoms with Crippen LogP contribution < -0.4 is 5.73 Å². The first-order valence-electron chi connectivity index (χ1n) is 5.40. The van der Waals surface area contributed by atoms with Crippen LogP contribution in [0.25, 0.3) is 0 Å². The molecule has 3 nitrogen and oxygen atoms in total. The van der Waals surface area contributed by atoms with Gasteiger partial charge in [-0.15, -0.1) is 0 Å². The minimum Gasteiger partial charge on any atom is -0.326 e. The van der Waals surface area contributed by atoms with Gasteiger partial charge in [-0.25, -0.2) is 0 Å². The Hall–Kier alpha value is -0.120. The summed E-state index contributed by atoms with van der Waals surface area (Å²) in [4.78, 5) is 5.12. The zero-order chi connectivity index (χ0) is 9.42. The van der Waals surface area contributed by atoms with Gasteiger partial charge in [-0.2, -0.15) is 0 Å². The van der Waals surface area contributed by atoms with Gasteiger partial charge in [-0.05, 0) is 5.92 Å². The molecule has 3 rings (SSSR count). The second-order valence-corrected chi connectivity index (χ2v) is 4.73. The first kappa shape index (κ1) is 9.44. The van der Waals surface area contributed by atoms with Gasteiger partial charge in [0.2, 0.25) is 0 Å². The molecule has 0 amide bonds. The largest absolute Gasteiger partial charge is 0.326 e. The molecule has 13 heavy (non-hydrogen) atoms. The predicted molar refractivity (Wildman–Crippen MR) is 54.6 cm³/mol. The molecule has 3 aliphatic rings. The van der Waals surface area contributed by atoms with E-state index in [4.69, 9.17) is 5.73 Å². The van der Waals surface area contributed by atoms with Crippen LogP contribution in [0.1, 0.15) is 13.8 Å². The molecule has 0 radical (unpaired) electrons. The van der Waals surface area contributed by atoms with Gasteiger partial charge in [0.1, 0.15) is 0 Å². The summed E-state index contributed by atoms with van der Waals surface area (Å²) in [6.45, 7) is 10.6. The summed E-state index contributed by atoms with van der Waals surface area (Å²) in [5.74, 6) is 0.602. The lowest BCUT2D eigenvalue weighted by molar-refractivity contribution is -0.00378. The Labute approximate surface area is 80.9 Å². The fraction of sp³-hybridized carbons (Fsp3) is 1.00. The van der Waals surface area contributed by atoms with Gasteiger partial charge in [0.05, 0.1) is 0 Å². The van der Waals surface area contributed by atoms with E-state index in [1.807, 2.05) is 0 Å². The normalized spacial score (nSPS) is 41.1. The lowest BCUT2D eigenvalue weighted by Crippen LogP contribution is -2.66. The van der Waals surface area contributed by atoms with E-state index < -0.39 is 0 Å². The fourth-order valence-corrected chi connectivity index (χ4v) is 2.47. The van der Waals surface area contributed by atoms with Crippen molar-refractivity contribution in [1.82, 2.24) is 9.80 Å². The third-order valence-corrected chi connectivity index (χ3v) is 3.54. The summed E-state index contributed by atoms with van der Waals surface area (Å²) in [5.41, 5.74) is 6.21. The number of hydrogen-bond acceptors (Lipinski definition) is 3. The number of rotatable bonds is 2. The Bertz CT molecular complexity index is 171. The van der Waals surface area contributed by atoms with Gasteiger partial charge in [-0.3, -0.25) is 9.80 Å². The van der Waals surface area contributed by atoms with E-state index >= 15 is 0 Å². The van der Waals surface area contributed by atoms with Crippen LogP contribution in [0.5, 0.6) is 0 Å². The molecule has 2 bridgehead atoms. The Morgan fingerprint density at radius 1 is 1.15 bits per heavy atom. The van der Waals surface area contributed by atoms with E-state index in [1.165, 1.54) is 32.7 Å². The van der Waals surface area contributed by atoms with E-state index in [2.05, 4.69) is 23.6 Å². The molecule has 0 aliphatic carbocycles. The lowest BCUT2D eigenvalue weighted by atomic mass is 9.92. The van der Waals surface area contributed by atoms with Crippen molar-refractivity contribution in [2.24, 2.45) is 11.7 Å². The first-order chi connectivity index (χ1) is 6.18. The molecule has 76 valence electrons. The number of piperazine rings is 3. The summed E-state index contributed by atoms with van der Waals surface area (Å²) in [6, 6.07) is 0.964. The quantitative estimate of drug-likeness (QED) is 0.652. The molecule has 2 N–H and O–H groups in total. The van der Waals surface area contributed by atoms with E-state index in [9.17, 15) is 0 Å². The van der Waals surface area contributed by atoms with Crippen molar-refractivity contribution in [2.75, 3.05) is 32.7 Å². The van der Waals surface area contributed by atoms with Crippen molar-refractivity contribution in [1.29, 1.82) is 0 Å². The topological polar surface area (TPSA) is 32.5 Å². The van der Waals surface area contributed by atoms with Gasteiger partial charge in [0, 0.05) is 44.8 Å². The highest BCUT2D eigenvalue weighted by molar-refractivity contribution is 4.94. The van der Waals surface area contributed by atoms with Gasteiger partial charge < -0.3 is 5.73 Å². The Morgan fingerprint density at radius 2 is 1.77 bits per heavy atom. The average molecular weight is 183 g/mol. The van der Waals surface area contributed by atoms with Crippen molar-refractivity contribution >= 4 is 0 Å². The van der Waals surface area contributed by atoms with Gasteiger partial charge in [-0.1, -0.05) is 13.8 Å². The number of fused-ring (bicyclic) bond motifs is 3. The van der Waals surface area contributed by atoms with Crippen LogP contribution in [0.4, 0.5) is 0 Å². The second-order valence-electron chi connectivity index (χ2n) is 4.73. The average Bonchev–Trinajstić information content (AvgIpc) is 2.18. The van der Waals surface area contributed by atoms with Gasteiger partial charge in [0.25, 0.3) is 0 Å². The first-order valence-corrected chi connectivity index (χ1v) is 5.40. The molecule has 3 aliphatic heterocycles. The molecule has 2 atom stereocenters. The summed E-state index contributed by atoms with van der Waals surface area (Å²) in [5, 5.41) is 0. The SMILES string of the molecule is CC(C)C(N)C1CN2CCN1CC2. The Balaban J connectivity index is 2.00. The van der Waals surface area contributed by atoms with Crippen molar-refractivity contribution in [3.8, 4) is 0 Å². The summed E-state index contributed by atoms with van der Waals surface area (Å²) >= 11 is 0. The highest BCUT2D eigenvalue weighted by Crippen LogP contribution is 2.20. The summed E-state index contributed by atoms with van der Waals surface area (Å²) in [6.07, 6.45) is 0. The third kappa shape index (κ3) is 1.73. The smallest absolute Gasteiger partial charge is 0.0378 e. The minimum atomic E-state index is 0.350. The maximum absolute atomic E-state index is 6.21. The molecule has 3 saturated heterocycles. The molecule has 2 unspecified atom stereocenters. The van der Waals surface area contributed by atoms with Gasteiger partial charge in [0.15, 0.2) is 0 Å². The van der Waals surface area contributed by atoms with E-state index in [0.717, 1.165) is 0 Å². The summed E-state index contributed by atoms with van der Waals surface area (Å²) < 4.78 is 0. The second kappa shape index (κ2) is 3.56. The standard InChI is InChI=1S/C10H21N3/c1-8(2)10(11)9-7-12-3-5-13(9)6-4-12/h8-10H,3-7,11H2,1-2H3. The van der Waals surface area contributed by atoms with E-state index in [1.54, 1.807) is 0 Å². The molecule has 0 saturated carbocycles. The van der Waals surface area contributed by atoms with Crippen LogP contribution in [-0.4, -0.2) is 54.6 Å². The van der Waals surface area contributed by atoms with Crippen LogP contribution in [0.3, 0.4) is 0 Å². The maximum atomic E-state index is 6.21. The molecule has 0 aromatic rings. The van der Waals surface area contributed by atoms with Crippen molar-refractivity contribution in [3.05, 3.63) is 0 Å². The highest BCUT2D eigenvalue weighted by Gasteiger charge is 2.35. The molecular weight excluding hydrogens is 162 g/mol. The fourth-order valence-electron chi connectivity index (χ4n) is 2.47. The molecule has 3 heterocycles. The molecule has 0 spiro atoms. The van der Waals surface area contributed by atoms with Crippen LogP contribution >= 0.6 is 0 Å². The van der Waals surface area contributed by atoms with E-state index in [0.29, 0.717) is 18.0 Å². The van der Waals surface area contributed by atoms with Crippen molar-refractivity contribution in [3.63, 3.8) is 0 Å². The monoisotopic (exact) mass is 183 g/mol. The third-order valence-electron chi connectivity index (χ3n) is 3.54. The maximum Gasteiger partial charge on any atom is 0.0378 e. The van der Waals surface area contributed by atoms with Crippen molar-refractivity contribution < 1.29 is 0 Å². The van der Waals surface area contributed by atoms with Crippen LogP contribution in [0.2, 0.25) is 0 Å². The zero-order valence-electron chi connectivity index (χ0n) is 8.74. The summed E-state index contributed by atoms with van der Waals surface area (Å²) in [7, 11) is 0.